The van der Waals surface area contributed by atoms with Crippen LogP contribution in [0.25, 0.3) is 0 Å². The van der Waals surface area contributed by atoms with E-state index in [-0.39, 0.29) is 11.3 Å². The van der Waals surface area contributed by atoms with Gasteiger partial charge in [0.15, 0.2) is 5.78 Å². The molecular weight excluding hydrogens is 222 g/mol. The molecule has 1 nitrogen and oxygen atoms in total. The van der Waals surface area contributed by atoms with E-state index in [9.17, 15) is 13.6 Å². The highest BCUT2D eigenvalue weighted by molar-refractivity contribution is 5.96. The zero-order chi connectivity index (χ0) is 12.3. The molecule has 0 heterocycles. The third kappa shape index (κ3) is 3.11. The molecule has 2 rings (SSSR count). The van der Waals surface area contributed by atoms with Crippen molar-refractivity contribution in [2.75, 3.05) is 0 Å². The smallest absolute Gasteiger partial charge is 0.165 e. The molecule has 92 valence electrons. The summed E-state index contributed by atoms with van der Waals surface area (Å²) in [6.45, 7) is 0. The van der Waals surface area contributed by atoms with Gasteiger partial charge < -0.3 is 0 Å². The van der Waals surface area contributed by atoms with E-state index < -0.39 is 11.6 Å². The Bertz CT molecular complexity index is 409. The van der Waals surface area contributed by atoms with Crippen molar-refractivity contribution in [3.05, 3.63) is 35.4 Å². The summed E-state index contributed by atoms with van der Waals surface area (Å²) in [7, 11) is 0. The first kappa shape index (κ1) is 12.2. The van der Waals surface area contributed by atoms with E-state index in [0.717, 1.165) is 24.6 Å². The molecule has 3 heteroatoms. The molecule has 0 saturated heterocycles. The van der Waals surface area contributed by atoms with E-state index in [1.807, 2.05) is 0 Å². The number of ketones is 1. The fourth-order valence-corrected chi connectivity index (χ4v) is 2.48. The molecule has 0 N–H and O–H groups in total. The van der Waals surface area contributed by atoms with Crippen molar-refractivity contribution < 1.29 is 13.6 Å². The van der Waals surface area contributed by atoms with Gasteiger partial charge in [0, 0.05) is 6.42 Å². The van der Waals surface area contributed by atoms with Crippen molar-refractivity contribution in [2.45, 2.75) is 38.5 Å². The maximum Gasteiger partial charge on any atom is 0.165 e. The molecule has 0 bridgehead atoms. The van der Waals surface area contributed by atoms with Gasteiger partial charge in [-0.05, 0) is 30.5 Å². The molecular formula is C14H16F2O. The van der Waals surface area contributed by atoms with Gasteiger partial charge in [0.25, 0.3) is 0 Å². The molecule has 0 unspecified atom stereocenters. The number of hydrogen-bond acceptors (Lipinski definition) is 1. The van der Waals surface area contributed by atoms with Crippen molar-refractivity contribution in [3.63, 3.8) is 0 Å². The summed E-state index contributed by atoms with van der Waals surface area (Å²) in [5.74, 6) is -0.872. The van der Waals surface area contributed by atoms with Crippen molar-refractivity contribution in [3.8, 4) is 0 Å². The van der Waals surface area contributed by atoms with Crippen molar-refractivity contribution >= 4 is 5.78 Å². The van der Waals surface area contributed by atoms with Crippen molar-refractivity contribution in [1.29, 1.82) is 0 Å². The van der Waals surface area contributed by atoms with Crippen LogP contribution < -0.4 is 0 Å². The van der Waals surface area contributed by atoms with Crippen LogP contribution in [0.4, 0.5) is 8.78 Å². The topological polar surface area (TPSA) is 17.1 Å². The zero-order valence-corrected chi connectivity index (χ0v) is 9.72. The average molecular weight is 238 g/mol. The second-order valence-electron chi connectivity index (χ2n) is 4.74. The van der Waals surface area contributed by atoms with Crippen LogP contribution in [-0.2, 0) is 0 Å². The van der Waals surface area contributed by atoms with Gasteiger partial charge in [-0.1, -0.05) is 25.7 Å². The highest BCUT2D eigenvalue weighted by Crippen LogP contribution is 2.29. The molecule has 17 heavy (non-hydrogen) atoms. The minimum atomic E-state index is -0.622. The number of rotatable bonds is 4. The van der Waals surface area contributed by atoms with Crippen LogP contribution in [0.15, 0.2) is 18.2 Å². The third-order valence-corrected chi connectivity index (χ3v) is 3.48. The van der Waals surface area contributed by atoms with E-state index in [1.165, 1.54) is 25.7 Å². The Balaban J connectivity index is 1.96. The lowest BCUT2D eigenvalue weighted by molar-refractivity contribution is 0.0969. The van der Waals surface area contributed by atoms with Crippen LogP contribution >= 0.6 is 0 Å². The first-order valence-electron chi connectivity index (χ1n) is 6.15. The van der Waals surface area contributed by atoms with E-state index in [0.29, 0.717) is 12.3 Å². The van der Waals surface area contributed by atoms with Gasteiger partial charge in [0.05, 0.1) is 5.56 Å². The van der Waals surface area contributed by atoms with Gasteiger partial charge >= 0.3 is 0 Å². The fourth-order valence-electron chi connectivity index (χ4n) is 2.48. The van der Waals surface area contributed by atoms with Crippen LogP contribution in [0.5, 0.6) is 0 Å². The second-order valence-corrected chi connectivity index (χ2v) is 4.74. The number of carbonyl (C=O) groups excluding carboxylic acids is 1. The zero-order valence-electron chi connectivity index (χ0n) is 9.72. The maximum absolute atomic E-state index is 13.3. The molecule has 0 atom stereocenters. The van der Waals surface area contributed by atoms with E-state index in [2.05, 4.69) is 0 Å². The minimum Gasteiger partial charge on any atom is -0.294 e. The lowest BCUT2D eigenvalue weighted by Gasteiger charge is -2.08. The first-order valence-corrected chi connectivity index (χ1v) is 6.15. The molecule has 1 saturated carbocycles. The van der Waals surface area contributed by atoms with Gasteiger partial charge in [0.2, 0.25) is 0 Å². The largest absolute Gasteiger partial charge is 0.294 e. The van der Waals surface area contributed by atoms with Crippen LogP contribution in [0.1, 0.15) is 48.9 Å². The van der Waals surface area contributed by atoms with Crippen LogP contribution in [0.3, 0.4) is 0 Å². The summed E-state index contributed by atoms with van der Waals surface area (Å²) in [5.41, 5.74) is -0.108. The molecule has 1 fully saturated rings. The summed E-state index contributed by atoms with van der Waals surface area (Å²) < 4.78 is 26.3. The van der Waals surface area contributed by atoms with Gasteiger partial charge in [-0.2, -0.15) is 0 Å². The Morgan fingerprint density at radius 3 is 2.65 bits per heavy atom. The number of halogens is 2. The normalized spacial score (nSPS) is 16.4. The van der Waals surface area contributed by atoms with Crippen molar-refractivity contribution in [1.82, 2.24) is 0 Å². The Morgan fingerprint density at radius 2 is 1.94 bits per heavy atom. The Hall–Kier alpha value is -1.25. The van der Waals surface area contributed by atoms with Crippen LogP contribution in [0, 0.1) is 17.6 Å². The van der Waals surface area contributed by atoms with Gasteiger partial charge in [-0.3, -0.25) is 4.79 Å². The molecule has 1 aromatic carbocycles. The summed E-state index contributed by atoms with van der Waals surface area (Å²) in [4.78, 5) is 11.8. The predicted octanol–water partition coefficient (Wildman–Crippen LogP) is 4.12. The number of hydrogen-bond donors (Lipinski definition) is 0. The molecule has 0 aliphatic heterocycles. The standard InChI is InChI=1S/C14H16F2O/c15-11-6-7-13(16)12(9-11)14(17)8-5-10-3-1-2-4-10/h6-7,9-10H,1-5,8H2. The fraction of sp³-hybridized carbons (Fsp3) is 0.500. The second kappa shape index (κ2) is 5.39. The van der Waals surface area contributed by atoms with Gasteiger partial charge in [-0.15, -0.1) is 0 Å². The average Bonchev–Trinajstić information content (AvgIpc) is 2.82. The summed E-state index contributed by atoms with van der Waals surface area (Å²) in [6.07, 6.45) is 5.91. The Morgan fingerprint density at radius 1 is 1.24 bits per heavy atom. The molecule has 1 aliphatic rings. The SMILES string of the molecule is O=C(CCC1CCCC1)c1cc(F)ccc1F. The highest BCUT2D eigenvalue weighted by Gasteiger charge is 2.18. The lowest BCUT2D eigenvalue weighted by Crippen LogP contribution is -2.05. The molecule has 1 aromatic rings. The number of carbonyl (C=O) groups is 1. The van der Waals surface area contributed by atoms with E-state index >= 15 is 0 Å². The lowest BCUT2D eigenvalue weighted by atomic mass is 9.97. The third-order valence-electron chi connectivity index (χ3n) is 3.48. The molecule has 0 amide bonds. The summed E-state index contributed by atoms with van der Waals surface area (Å²) in [6, 6.07) is 3.04. The molecule has 0 radical (unpaired) electrons. The maximum atomic E-state index is 13.3. The Labute approximate surface area is 99.8 Å². The summed E-state index contributed by atoms with van der Waals surface area (Å²) in [5, 5.41) is 0. The van der Waals surface area contributed by atoms with Crippen molar-refractivity contribution in [2.24, 2.45) is 5.92 Å². The molecule has 1 aliphatic carbocycles. The van der Waals surface area contributed by atoms with E-state index in [1.54, 1.807) is 0 Å². The highest BCUT2D eigenvalue weighted by atomic mass is 19.1. The first-order chi connectivity index (χ1) is 8.16. The van der Waals surface area contributed by atoms with Gasteiger partial charge in [0.1, 0.15) is 11.6 Å². The van der Waals surface area contributed by atoms with Crippen LogP contribution in [0.2, 0.25) is 0 Å². The number of benzene rings is 1. The van der Waals surface area contributed by atoms with Gasteiger partial charge in [-0.25, -0.2) is 8.78 Å². The molecule has 0 aromatic heterocycles. The quantitative estimate of drug-likeness (QED) is 0.721. The Kier molecular flexibility index (Phi) is 3.87. The minimum absolute atomic E-state index is 0.108. The number of Topliss-reactive ketones (excluding diaryl/α,β-unsaturated/α-hetero) is 1. The van der Waals surface area contributed by atoms with Crippen LogP contribution in [-0.4, -0.2) is 5.78 Å². The van der Waals surface area contributed by atoms with E-state index in [4.69, 9.17) is 0 Å². The predicted molar refractivity (Wildman–Crippen MR) is 61.9 cm³/mol. The molecule has 0 spiro atoms. The monoisotopic (exact) mass is 238 g/mol. The summed E-state index contributed by atoms with van der Waals surface area (Å²) >= 11 is 0.